The largest absolute Gasteiger partial charge is 0.496 e. The van der Waals surface area contributed by atoms with Crippen LogP contribution >= 0.6 is 0 Å². The minimum absolute atomic E-state index is 0.585. The van der Waals surface area contributed by atoms with Crippen LogP contribution in [0.2, 0.25) is 0 Å². The maximum atomic E-state index is 5.61. The number of likely N-dealkylation sites (N-methyl/N-ethyl adjacent to an activating group) is 2. The van der Waals surface area contributed by atoms with E-state index in [1.165, 1.54) is 5.56 Å². The van der Waals surface area contributed by atoms with Crippen LogP contribution in [0.4, 0.5) is 11.6 Å². The summed E-state index contributed by atoms with van der Waals surface area (Å²) in [6.45, 7) is 3.43. The average Bonchev–Trinajstić information content (AvgIpc) is 2.76. The van der Waals surface area contributed by atoms with Crippen LogP contribution in [-0.2, 0) is 13.1 Å². The van der Waals surface area contributed by atoms with E-state index in [0.29, 0.717) is 5.95 Å². The molecule has 1 N–H and O–H groups in total. The van der Waals surface area contributed by atoms with Crippen LogP contribution < -0.4 is 10.1 Å². The lowest BCUT2D eigenvalue weighted by molar-refractivity contribution is 0.343. The lowest BCUT2D eigenvalue weighted by Gasteiger charge is -2.19. The van der Waals surface area contributed by atoms with Crippen molar-refractivity contribution >= 4 is 11.6 Å². The molecule has 1 aromatic heterocycles. The molecule has 0 spiro atoms. The Balaban J connectivity index is 1.72. The zero-order valence-corrected chi connectivity index (χ0v) is 18.4. The monoisotopic (exact) mass is 415 g/mol. The fourth-order valence-corrected chi connectivity index (χ4v) is 3.76. The lowest BCUT2D eigenvalue weighted by Crippen LogP contribution is -2.20. The molecule has 0 radical (unpaired) electrons. The summed E-state index contributed by atoms with van der Waals surface area (Å²) in [7, 11) is 5.97. The van der Waals surface area contributed by atoms with Crippen LogP contribution in [0, 0.1) is 0 Å². The van der Waals surface area contributed by atoms with Gasteiger partial charge >= 0.3 is 0 Å². The van der Waals surface area contributed by atoms with Crippen molar-refractivity contribution in [3.8, 4) is 17.0 Å². The lowest BCUT2D eigenvalue weighted by atomic mass is 10.1. The van der Waals surface area contributed by atoms with Gasteiger partial charge in [0.05, 0.1) is 12.8 Å². The van der Waals surface area contributed by atoms with E-state index in [-0.39, 0.29) is 0 Å². The highest BCUT2D eigenvalue weighted by Gasteiger charge is 2.11. The molecule has 0 amide bonds. The van der Waals surface area contributed by atoms with Crippen molar-refractivity contribution in [2.45, 2.75) is 13.1 Å². The number of ether oxygens (including phenoxy) is 1. The van der Waals surface area contributed by atoms with Crippen LogP contribution in [0.3, 0.4) is 0 Å². The Morgan fingerprint density at radius 1 is 0.935 bits per heavy atom. The number of hydrogen-bond acceptors (Lipinski definition) is 6. The Morgan fingerprint density at radius 2 is 1.74 bits per heavy atom. The van der Waals surface area contributed by atoms with Crippen molar-refractivity contribution in [1.82, 2.24) is 19.8 Å². The molecular formula is C25H29N5O. The van der Waals surface area contributed by atoms with Gasteiger partial charge < -0.3 is 10.1 Å². The van der Waals surface area contributed by atoms with E-state index in [0.717, 1.165) is 54.4 Å². The topological polar surface area (TPSA) is 53.5 Å². The summed E-state index contributed by atoms with van der Waals surface area (Å²) in [4.78, 5) is 13.7. The Hall–Kier alpha value is -3.22. The Morgan fingerprint density at radius 3 is 2.55 bits per heavy atom. The van der Waals surface area contributed by atoms with Crippen molar-refractivity contribution in [1.29, 1.82) is 0 Å². The normalized spacial score (nSPS) is 16.6. The molecule has 6 nitrogen and oxygen atoms in total. The molecule has 0 atom stereocenters. The molecule has 0 saturated carbocycles. The Kier molecular flexibility index (Phi) is 6.60. The first kappa shape index (κ1) is 21.0. The first-order chi connectivity index (χ1) is 15.1. The van der Waals surface area contributed by atoms with Crippen LogP contribution in [-0.4, -0.2) is 54.1 Å². The smallest absolute Gasteiger partial charge is 0.227 e. The minimum Gasteiger partial charge on any atom is -0.496 e. The van der Waals surface area contributed by atoms with E-state index in [4.69, 9.17) is 9.72 Å². The van der Waals surface area contributed by atoms with Crippen molar-refractivity contribution in [2.75, 3.05) is 39.6 Å². The first-order valence-corrected chi connectivity index (χ1v) is 10.5. The molecule has 6 heteroatoms. The fraction of sp³-hybridized carbons (Fsp3) is 0.280. The number of methoxy groups -OCH3 is 1. The molecule has 1 aliphatic heterocycles. The highest BCUT2D eigenvalue weighted by Crippen LogP contribution is 2.27. The number of nitrogens with zero attached hydrogens (tertiary/aromatic N) is 4. The summed E-state index contributed by atoms with van der Waals surface area (Å²) in [6, 6.07) is 16.6. The SMILES string of the molecule is COc1ccc2cc1CN(C)C/C=C/CN(C)Cc1cccc(c1)Nc1nccc-2n1. The fourth-order valence-electron chi connectivity index (χ4n) is 3.76. The van der Waals surface area contributed by atoms with Crippen molar-refractivity contribution in [3.63, 3.8) is 0 Å². The zero-order valence-electron chi connectivity index (χ0n) is 18.4. The van der Waals surface area contributed by atoms with Gasteiger partial charge in [-0.15, -0.1) is 0 Å². The molecular weight excluding hydrogens is 386 g/mol. The predicted octanol–water partition coefficient (Wildman–Crippen LogP) is 4.33. The highest BCUT2D eigenvalue weighted by molar-refractivity contribution is 5.64. The summed E-state index contributed by atoms with van der Waals surface area (Å²) >= 11 is 0. The zero-order chi connectivity index (χ0) is 21.6. The van der Waals surface area contributed by atoms with Crippen molar-refractivity contribution in [3.05, 3.63) is 78.0 Å². The summed E-state index contributed by atoms with van der Waals surface area (Å²) in [6.07, 6.45) is 6.25. The molecule has 2 aromatic carbocycles. The summed E-state index contributed by atoms with van der Waals surface area (Å²) in [5.74, 6) is 1.47. The third kappa shape index (κ3) is 5.48. The van der Waals surface area contributed by atoms with Crippen molar-refractivity contribution < 1.29 is 4.74 Å². The molecule has 6 bridgehead atoms. The van der Waals surface area contributed by atoms with E-state index < -0.39 is 0 Å². The molecule has 2 heterocycles. The van der Waals surface area contributed by atoms with E-state index >= 15 is 0 Å². The third-order valence-electron chi connectivity index (χ3n) is 5.31. The predicted molar refractivity (Wildman–Crippen MR) is 126 cm³/mol. The first-order valence-electron chi connectivity index (χ1n) is 10.5. The standard InChI is InChI=1S/C25H29N5O/c1-29-13-4-5-14-30(2)18-21-16-20(9-10-24(21)31-3)23-11-12-26-25(28-23)27-22-8-6-7-19(15-22)17-29/h4-12,15-16H,13-14,17-18H2,1-3H3,(H,26,27,28)/b5-4+. The number of fused-ring (bicyclic) bond motifs is 7. The van der Waals surface area contributed by atoms with E-state index in [2.05, 4.69) is 70.6 Å². The molecule has 3 aromatic rings. The van der Waals surface area contributed by atoms with Crippen LogP contribution in [0.25, 0.3) is 11.3 Å². The average molecular weight is 416 g/mol. The number of aromatic nitrogens is 2. The summed E-state index contributed by atoms with van der Waals surface area (Å²) < 4.78 is 5.61. The Labute approximate surface area is 184 Å². The second-order valence-electron chi connectivity index (χ2n) is 7.98. The highest BCUT2D eigenvalue weighted by atomic mass is 16.5. The van der Waals surface area contributed by atoms with Crippen LogP contribution in [0.1, 0.15) is 11.1 Å². The number of anilines is 2. The number of rotatable bonds is 1. The van der Waals surface area contributed by atoms with E-state index in [1.54, 1.807) is 13.3 Å². The van der Waals surface area contributed by atoms with Gasteiger partial charge in [0.15, 0.2) is 0 Å². The minimum atomic E-state index is 0.585. The molecule has 160 valence electrons. The molecule has 4 rings (SSSR count). The van der Waals surface area contributed by atoms with Gasteiger partial charge in [0.1, 0.15) is 5.75 Å². The van der Waals surface area contributed by atoms with Crippen molar-refractivity contribution in [2.24, 2.45) is 0 Å². The molecule has 31 heavy (non-hydrogen) atoms. The second-order valence-corrected chi connectivity index (χ2v) is 7.98. The molecule has 0 fully saturated rings. The van der Waals surface area contributed by atoms with Crippen LogP contribution in [0.5, 0.6) is 5.75 Å². The van der Waals surface area contributed by atoms with Gasteiger partial charge in [0.25, 0.3) is 0 Å². The van der Waals surface area contributed by atoms with Gasteiger partial charge in [-0.2, -0.15) is 0 Å². The molecule has 1 aliphatic rings. The van der Waals surface area contributed by atoms with Gasteiger partial charge in [-0.25, -0.2) is 9.97 Å². The second kappa shape index (κ2) is 9.73. The number of hydrogen-bond donors (Lipinski definition) is 1. The van der Waals surface area contributed by atoms with E-state index in [1.807, 2.05) is 24.3 Å². The maximum Gasteiger partial charge on any atom is 0.227 e. The summed E-state index contributed by atoms with van der Waals surface area (Å²) in [5, 5.41) is 3.35. The van der Waals surface area contributed by atoms with Gasteiger partial charge in [-0.1, -0.05) is 24.3 Å². The quantitative estimate of drug-likeness (QED) is 0.597. The van der Waals surface area contributed by atoms with Crippen LogP contribution in [0.15, 0.2) is 66.9 Å². The number of benzene rings is 2. The van der Waals surface area contributed by atoms with Gasteiger partial charge in [-0.3, -0.25) is 9.80 Å². The van der Waals surface area contributed by atoms with Gasteiger partial charge in [-0.05, 0) is 56.1 Å². The van der Waals surface area contributed by atoms with Gasteiger partial charge in [0.2, 0.25) is 5.95 Å². The Bertz CT molecular complexity index is 1070. The van der Waals surface area contributed by atoms with Gasteiger partial charge in [0, 0.05) is 49.2 Å². The maximum absolute atomic E-state index is 5.61. The number of nitrogens with one attached hydrogen (secondary N) is 1. The summed E-state index contributed by atoms with van der Waals surface area (Å²) in [5.41, 5.74) is 5.28. The molecule has 0 saturated heterocycles. The third-order valence-corrected chi connectivity index (χ3v) is 5.31. The molecule has 0 aliphatic carbocycles. The molecule has 0 unspecified atom stereocenters. The van der Waals surface area contributed by atoms with E-state index in [9.17, 15) is 0 Å².